The van der Waals surface area contributed by atoms with Crippen molar-refractivity contribution in [1.82, 2.24) is 0 Å². The predicted octanol–water partition coefficient (Wildman–Crippen LogP) is 9.72. The van der Waals surface area contributed by atoms with Gasteiger partial charge in [0.05, 0.1) is 23.7 Å². The lowest BCUT2D eigenvalue weighted by Gasteiger charge is -2.27. The molecule has 0 N–H and O–H groups in total. The summed E-state index contributed by atoms with van der Waals surface area (Å²) in [7, 11) is 0. The van der Waals surface area contributed by atoms with Crippen LogP contribution in [-0.4, -0.2) is 12.6 Å². The first-order chi connectivity index (χ1) is 19.5. The predicted molar refractivity (Wildman–Crippen MR) is 136 cm³/mol. The molecule has 2 aromatic rings. The van der Waals surface area contributed by atoms with Gasteiger partial charge in [0.1, 0.15) is 0 Å². The third kappa shape index (κ3) is 7.33. The maximum absolute atomic E-state index is 14.9. The van der Waals surface area contributed by atoms with E-state index in [1.165, 1.54) is 0 Å². The van der Waals surface area contributed by atoms with Crippen molar-refractivity contribution >= 4 is 5.97 Å². The molecule has 0 radical (unpaired) electrons. The molecule has 0 atom stereocenters. The molecule has 0 bridgehead atoms. The lowest BCUT2D eigenvalue weighted by Crippen LogP contribution is -2.26. The van der Waals surface area contributed by atoms with Crippen molar-refractivity contribution in [3.05, 3.63) is 46.5 Å². The van der Waals surface area contributed by atoms with Crippen LogP contribution in [0, 0.1) is 58.4 Å². The van der Waals surface area contributed by atoms with E-state index in [4.69, 9.17) is 4.74 Å². The van der Waals surface area contributed by atoms with E-state index in [0.29, 0.717) is 50.9 Å². The van der Waals surface area contributed by atoms with E-state index in [-0.39, 0.29) is 6.61 Å². The number of halogens is 8. The Kier molecular flexibility index (Phi) is 11.8. The maximum Gasteiger partial charge on any atom is 0.314 e. The Balaban J connectivity index is 1.83. The summed E-state index contributed by atoms with van der Waals surface area (Å²) in [6.45, 7) is 3.61. The van der Waals surface area contributed by atoms with Gasteiger partial charge in [-0.1, -0.05) is 58.8 Å². The molecule has 0 aliphatic heterocycles. The van der Waals surface area contributed by atoms with Gasteiger partial charge < -0.3 is 9.47 Å². The molecular weight excluding hydrogens is 560 g/mol. The molecule has 0 amide bonds. The average molecular weight is 595 g/mol. The Labute approximate surface area is 234 Å². The molecule has 1 aliphatic carbocycles. The van der Waals surface area contributed by atoms with Crippen LogP contribution in [0.25, 0.3) is 11.1 Å². The Bertz CT molecular complexity index is 1170. The number of unbranched alkanes of at least 4 members (excludes halogenated alkanes) is 5. The molecule has 1 fully saturated rings. The summed E-state index contributed by atoms with van der Waals surface area (Å²) in [5.74, 6) is -23.0. The van der Waals surface area contributed by atoms with Crippen molar-refractivity contribution in [2.45, 2.75) is 90.9 Å². The van der Waals surface area contributed by atoms with Crippen LogP contribution in [0.3, 0.4) is 0 Å². The molecule has 41 heavy (non-hydrogen) atoms. The molecule has 3 rings (SSSR count). The second kappa shape index (κ2) is 14.9. The largest absolute Gasteiger partial charge is 0.487 e. The molecule has 1 saturated carbocycles. The number of carbonyl (C=O) groups is 1. The number of hydrogen-bond donors (Lipinski definition) is 0. The molecule has 0 saturated heterocycles. The lowest BCUT2D eigenvalue weighted by atomic mass is 9.80. The van der Waals surface area contributed by atoms with E-state index in [9.17, 15) is 39.9 Å². The van der Waals surface area contributed by atoms with E-state index in [1.54, 1.807) is 0 Å². The molecule has 0 spiro atoms. The second-order valence-electron chi connectivity index (χ2n) is 10.5. The Morgan fingerprint density at radius 3 is 1.56 bits per heavy atom. The summed E-state index contributed by atoms with van der Waals surface area (Å²) < 4.78 is 128. The monoisotopic (exact) mass is 594 g/mol. The quantitative estimate of drug-likeness (QED) is 0.0762. The van der Waals surface area contributed by atoms with E-state index in [0.717, 1.165) is 32.1 Å². The minimum atomic E-state index is -2.39. The van der Waals surface area contributed by atoms with Crippen LogP contribution in [0.4, 0.5) is 35.1 Å². The highest BCUT2D eigenvalue weighted by Crippen LogP contribution is 2.42. The van der Waals surface area contributed by atoms with Gasteiger partial charge in [-0.2, -0.15) is 17.6 Å². The Morgan fingerprint density at radius 2 is 1.07 bits per heavy atom. The van der Waals surface area contributed by atoms with Gasteiger partial charge in [0.15, 0.2) is 29.0 Å². The van der Waals surface area contributed by atoms with Gasteiger partial charge >= 0.3 is 5.97 Å². The smallest absolute Gasteiger partial charge is 0.314 e. The van der Waals surface area contributed by atoms with E-state index < -0.39 is 81.1 Å². The number of hydrogen-bond acceptors (Lipinski definition) is 3. The SMILES string of the molecule is CCCCCCC1CCC(C(=O)Oc2c(F)c(F)c(-c3c(F)c(F)c(OCCCCC)c(F)c3F)c(F)c2F)CC1. The molecule has 0 heterocycles. The number of ether oxygens (including phenoxy) is 2. The molecule has 2 aromatic carbocycles. The van der Waals surface area contributed by atoms with Crippen LogP contribution in [0.1, 0.15) is 90.9 Å². The zero-order valence-electron chi connectivity index (χ0n) is 23.1. The molecule has 0 aromatic heterocycles. The summed E-state index contributed by atoms with van der Waals surface area (Å²) in [6.07, 6.45) is 9.01. The number of carbonyl (C=O) groups excluding carboxylic acids is 1. The normalized spacial score (nSPS) is 17.1. The summed E-state index contributed by atoms with van der Waals surface area (Å²) >= 11 is 0. The van der Waals surface area contributed by atoms with E-state index in [1.807, 2.05) is 6.92 Å². The zero-order chi connectivity index (χ0) is 30.3. The van der Waals surface area contributed by atoms with Crippen molar-refractivity contribution in [2.75, 3.05) is 6.61 Å². The summed E-state index contributed by atoms with van der Waals surface area (Å²) in [5, 5.41) is 0. The zero-order valence-corrected chi connectivity index (χ0v) is 23.1. The first-order valence-corrected chi connectivity index (χ1v) is 14.1. The van der Waals surface area contributed by atoms with Crippen LogP contribution in [0.15, 0.2) is 0 Å². The van der Waals surface area contributed by atoms with Gasteiger partial charge in [-0.25, -0.2) is 17.6 Å². The number of esters is 1. The topological polar surface area (TPSA) is 35.5 Å². The molecule has 11 heteroatoms. The minimum absolute atomic E-state index is 0.292. The summed E-state index contributed by atoms with van der Waals surface area (Å²) in [6, 6.07) is 0. The van der Waals surface area contributed by atoms with Gasteiger partial charge in [0, 0.05) is 0 Å². The molecular formula is C30H34F8O3. The van der Waals surface area contributed by atoms with Gasteiger partial charge in [-0.15, -0.1) is 0 Å². The van der Waals surface area contributed by atoms with Gasteiger partial charge in [0.25, 0.3) is 0 Å². The number of benzene rings is 2. The minimum Gasteiger partial charge on any atom is -0.487 e. The standard InChI is InChI=1S/C30H34F8O3/c1-3-5-7-8-10-16-11-13-17(14-12-16)30(39)41-29-26(37)22(33)19(23(34)27(29)38)18-20(31)24(35)28(25(36)21(18)32)40-15-9-6-4-2/h16-17H,3-15H2,1-2H3. The van der Waals surface area contributed by atoms with Gasteiger partial charge in [0.2, 0.25) is 29.0 Å². The summed E-state index contributed by atoms with van der Waals surface area (Å²) in [4.78, 5) is 12.6. The van der Waals surface area contributed by atoms with Crippen molar-refractivity contribution in [3.63, 3.8) is 0 Å². The van der Waals surface area contributed by atoms with Crippen LogP contribution in [0.2, 0.25) is 0 Å². The highest BCUT2D eigenvalue weighted by molar-refractivity contribution is 5.76. The molecule has 1 aliphatic rings. The summed E-state index contributed by atoms with van der Waals surface area (Å²) in [5.41, 5.74) is -4.04. The van der Waals surface area contributed by atoms with E-state index >= 15 is 0 Å². The fraction of sp³-hybridized carbons (Fsp3) is 0.567. The molecule has 3 nitrogen and oxygen atoms in total. The first kappa shape index (κ1) is 32.7. The average Bonchev–Trinajstić information content (AvgIpc) is 2.97. The van der Waals surface area contributed by atoms with Crippen LogP contribution >= 0.6 is 0 Å². The fourth-order valence-corrected chi connectivity index (χ4v) is 5.14. The van der Waals surface area contributed by atoms with Crippen LogP contribution in [-0.2, 0) is 4.79 Å². The van der Waals surface area contributed by atoms with Gasteiger partial charge in [-0.05, 0) is 38.0 Å². The molecule has 0 unspecified atom stereocenters. The van der Waals surface area contributed by atoms with Crippen molar-refractivity contribution in [3.8, 4) is 22.6 Å². The third-order valence-corrected chi connectivity index (χ3v) is 7.54. The third-order valence-electron chi connectivity index (χ3n) is 7.54. The van der Waals surface area contributed by atoms with Crippen LogP contribution in [0.5, 0.6) is 11.5 Å². The van der Waals surface area contributed by atoms with Crippen molar-refractivity contribution in [2.24, 2.45) is 11.8 Å². The Morgan fingerprint density at radius 1 is 0.610 bits per heavy atom. The molecule has 228 valence electrons. The highest BCUT2D eigenvalue weighted by Gasteiger charge is 2.37. The number of rotatable bonds is 13. The van der Waals surface area contributed by atoms with Gasteiger partial charge in [-0.3, -0.25) is 4.79 Å². The van der Waals surface area contributed by atoms with Crippen molar-refractivity contribution < 1.29 is 49.4 Å². The second-order valence-corrected chi connectivity index (χ2v) is 10.5. The maximum atomic E-state index is 14.9. The van der Waals surface area contributed by atoms with Crippen molar-refractivity contribution in [1.29, 1.82) is 0 Å². The first-order valence-electron chi connectivity index (χ1n) is 14.1. The Hall–Kier alpha value is -2.85. The van der Waals surface area contributed by atoms with E-state index in [2.05, 4.69) is 11.7 Å². The van der Waals surface area contributed by atoms with Crippen LogP contribution < -0.4 is 9.47 Å². The fourth-order valence-electron chi connectivity index (χ4n) is 5.14. The lowest BCUT2D eigenvalue weighted by molar-refractivity contribution is -0.140. The highest BCUT2D eigenvalue weighted by atomic mass is 19.2.